The van der Waals surface area contributed by atoms with E-state index in [1.807, 2.05) is 12.2 Å². The van der Waals surface area contributed by atoms with Crippen molar-refractivity contribution in [2.45, 2.75) is 334 Å². The Balaban J connectivity index is 4.41. The molecule has 0 aliphatic rings. The van der Waals surface area contributed by atoms with Crippen LogP contribution in [0.5, 0.6) is 0 Å². The fourth-order valence-electron chi connectivity index (χ4n) is 10.5. The molecule has 0 aliphatic carbocycles. The van der Waals surface area contributed by atoms with Gasteiger partial charge in [0, 0.05) is 19.3 Å². The molecule has 18 heteroatoms. The first-order valence-corrected chi connectivity index (χ1v) is 43.1. The van der Waals surface area contributed by atoms with Gasteiger partial charge in [0.05, 0.1) is 26.4 Å². The smallest absolute Gasteiger partial charge is 0.463 e. The van der Waals surface area contributed by atoms with Gasteiger partial charge in [-0.1, -0.05) is 308 Å². The maximum absolute atomic E-state index is 12.9. The first-order valence-electron chi connectivity index (χ1n) is 40.1. The molecule has 0 radical (unpaired) electrons. The Hall–Kier alpha value is -4.57. The molecular weight excluding hydrogens is 1340 g/mol. The second-order valence-corrected chi connectivity index (χ2v) is 29.4. The van der Waals surface area contributed by atoms with Crippen molar-refractivity contribution in [3.63, 3.8) is 0 Å². The summed E-state index contributed by atoms with van der Waals surface area (Å²) >= 11 is 0. The fourth-order valence-corrected chi connectivity index (χ4v) is 12.1. The fraction of sp³-hybridized carbons (Fsp3) is 0.682. The minimum absolute atomic E-state index is 0.0690. The molecule has 0 saturated heterocycles. The number of aliphatic hydroxyl groups excluding tert-OH is 2. The minimum Gasteiger partial charge on any atom is -0.463 e. The summed E-state index contributed by atoms with van der Waals surface area (Å²) < 4.78 is 61.0. The van der Waals surface area contributed by atoms with E-state index in [9.17, 15) is 43.5 Å². The van der Waals surface area contributed by atoms with Gasteiger partial charge in [-0.05, 0) is 135 Å². The highest BCUT2D eigenvalue weighted by Gasteiger charge is 2.29. The lowest BCUT2D eigenvalue weighted by Gasteiger charge is -2.21. The predicted octanol–water partition coefficient (Wildman–Crippen LogP) is 23.7. The zero-order valence-corrected chi connectivity index (χ0v) is 66.2. The van der Waals surface area contributed by atoms with Gasteiger partial charge in [0.25, 0.3) is 0 Å². The van der Waals surface area contributed by atoms with Crippen LogP contribution in [-0.4, -0.2) is 95.9 Å². The Morgan fingerprint density at radius 1 is 0.282 bits per heavy atom. The van der Waals surface area contributed by atoms with Crippen LogP contribution in [0.15, 0.2) is 146 Å². The minimum atomic E-state index is -4.95. The van der Waals surface area contributed by atoms with Crippen molar-refractivity contribution in [1.29, 1.82) is 0 Å². The second-order valence-electron chi connectivity index (χ2n) is 26.5. The van der Waals surface area contributed by atoms with Gasteiger partial charge in [0.2, 0.25) is 0 Å². The van der Waals surface area contributed by atoms with E-state index in [-0.39, 0.29) is 19.3 Å². The van der Waals surface area contributed by atoms with Crippen LogP contribution in [0.3, 0.4) is 0 Å². The van der Waals surface area contributed by atoms with Crippen LogP contribution < -0.4 is 0 Å². The van der Waals surface area contributed by atoms with E-state index in [4.69, 9.17) is 32.3 Å². The lowest BCUT2D eigenvalue weighted by atomic mass is 10.0. The Bertz CT molecular complexity index is 2450. The highest BCUT2D eigenvalue weighted by atomic mass is 31.2. The summed E-state index contributed by atoms with van der Waals surface area (Å²) in [5, 5.41) is 20.6. The van der Waals surface area contributed by atoms with E-state index in [1.54, 1.807) is 0 Å². The van der Waals surface area contributed by atoms with Gasteiger partial charge < -0.3 is 34.2 Å². The van der Waals surface area contributed by atoms with Crippen LogP contribution in [0.4, 0.5) is 0 Å². The zero-order chi connectivity index (χ0) is 75.2. The van der Waals surface area contributed by atoms with Gasteiger partial charge in [0.1, 0.15) is 25.4 Å². The number of esters is 3. The highest BCUT2D eigenvalue weighted by molar-refractivity contribution is 7.47. The lowest BCUT2D eigenvalue weighted by Crippen LogP contribution is -2.30. The molecular formula is C85H144O16P2. The Morgan fingerprint density at radius 3 is 0.854 bits per heavy atom. The molecule has 590 valence electrons. The number of carbonyl (C=O) groups excluding carboxylic acids is 3. The summed E-state index contributed by atoms with van der Waals surface area (Å²) in [7, 11) is -9.81. The third-order valence-electron chi connectivity index (χ3n) is 16.5. The van der Waals surface area contributed by atoms with Crippen LogP contribution in [-0.2, 0) is 55.8 Å². The van der Waals surface area contributed by atoms with Crippen molar-refractivity contribution in [1.82, 2.24) is 0 Å². The SMILES string of the molecule is CC/C=C\C/C=C\C/C=C\C/C=C\C/C=C\CCCC(=O)OCC(COP(=O)(O)OCC(O)COP(=O)(O)OCC(O)COC(=O)CCCCCCCCCCCCCCCCCCCCC/C=C\C/C=C\C/C=C\C/C=C\CCCCC)OC(=O)CCCCCCC/C=C\C/C=C\C/C=C\CC. The largest absolute Gasteiger partial charge is 0.472 e. The number of carbonyl (C=O) groups is 3. The van der Waals surface area contributed by atoms with E-state index in [1.165, 1.54) is 128 Å². The van der Waals surface area contributed by atoms with Gasteiger partial charge in [0.15, 0.2) is 6.10 Å². The molecule has 16 nitrogen and oxygen atoms in total. The summed E-state index contributed by atoms with van der Waals surface area (Å²) in [6, 6.07) is 0. The zero-order valence-electron chi connectivity index (χ0n) is 64.4. The van der Waals surface area contributed by atoms with Crippen molar-refractivity contribution in [3.05, 3.63) is 146 Å². The standard InChI is InChI=1S/C85H144O16P2/c1-4-7-10-13-16-19-22-25-28-30-31-32-33-34-35-36-37-38-39-40-41-42-43-44-45-46-47-49-52-53-56-59-62-65-68-71-83(88)95-74-80(86)75-97-102(91,92)98-76-81(87)77-99-103(93,94)100-79-82(101-85(90)73-70-67-64-61-58-55-50-27-24-21-18-15-12-9-6-3)78-96-84(89)72-69-66-63-60-57-54-51-48-29-26-23-20-17-14-11-8-5-2/h8-9,11-12,16-21,25-29,31-32,34-35,50-51,54,60,63,80-82,86-87H,4-7,10,13-15,22-24,30,33,36-49,52-53,55-59,61-62,64-79H2,1-3H3,(H,91,92)(H,93,94)/b11-8-,12-9-,19-16-,20-17-,21-18-,28-25-,29-26-,32-31-,35-34-,50-27-,54-51-,63-60-. The number of aliphatic hydroxyl groups is 2. The number of ether oxygens (including phenoxy) is 3. The van der Waals surface area contributed by atoms with Crippen molar-refractivity contribution >= 4 is 33.6 Å². The predicted molar refractivity (Wildman–Crippen MR) is 426 cm³/mol. The van der Waals surface area contributed by atoms with Gasteiger partial charge >= 0.3 is 33.6 Å². The van der Waals surface area contributed by atoms with Crippen molar-refractivity contribution in [3.8, 4) is 0 Å². The molecule has 103 heavy (non-hydrogen) atoms. The molecule has 0 amide bonds. The lowest BCUT2D eigenvalue weighted by molar-refractivity contribution is -0.161. The number of hydrogen-bond acceptors (Lipinski definition) is 14. The molecule has 4 N–H and O–H groups in total. The van der Waals surface area contributed by atoms with Crippen LogP contribution in [0.1, 0.15) is 316 Å². The van der Waals surface area contributed by atoms with E-state index in [0.717, 1.165) is 122 Å². The number of unbranched alkanes of at least 4 members (excludes halogenated alkanes) is 28. The number of allylic oxidation sites excluding steroid dienone is 24. The number of rotatable bonds is 75. The maximum Gasteiger partial charge on any atom is 0.472 e. The van der Waals surface area contributed by atoms with Crippen LogP contribution in [0.2, 0.25) is 0 Å². The Labute approximate surface area is 626 Å². The molecule has 5 atom stereocenters. The molecule has 5 unspecified atom stereocenters. The van der Waals surface area contributed by atoms with Gasteiger partial charge in [-0.25, -0.2) is 9.13 Å². The molecule has 0 aromatic rings. The van der Waals surface area contributed by atoms with E-state index in [0.29, 0.717) is 25.7 Å². The summed E-state index contributed by atoms with van der Waals surface area (Å²) in [5.41, 5.74) is 0. The summed E-state index contributed by atoms with van der Waals surface area (Å²) in [6.45, 7) is 2.34. The van der Waals surface area contributed by atoms with E-state index in [2.05, 4.69) is 154 Å². The average molecular weight is 1480 g/mol. The number of hydrogen-bond donors (Lipinski definition) is 4. The van der Waals surface area contributed by atoms with Crippen molar-refractivity contribution in [2.24, 2.45) is 0 Å². The van der Waals surface area contributed by atoms with Gasteiger partial charge in [-0.15, -0.1) is 0 Å². The number of phosphoric acid groups is 2. The average Bonchev–Trinajstić information content (AvgIpc) is 0.927. The molecule has 0 aromatic carbocycles. The monoisotopic (exact) mass is 1480 g/mol. The Morgan fingerprint density at radius 2 is 0.524 bits per heavy atom. The summed E-state index contributed by atoms with van der Waals surface area (Å²) in [4.78, 5) is 58.5. The third-order valence-corrected chi connectivity index (χ3v) is 18.4. The van der Waals surface area contributed by atoms with Gasteiger partial charge in [-0.2, -0.15) is 0 Å². The van der Waals surface area contributed by atoms with Crippen LogP contribution in [0, 0.1) is 0 Å². The quantitative estimate of drug-likeness (QED) is 0.0146. The van der Waals surface area contributed by atoms with Crippen LogP contribution >= 0.6 is 15.6 Å². The van der Waals surface area contributed by atoms with Crippen molar-refractivity contribution < 1.29 is 75.8 Å². The van der Waals surface area contributed by atoms with Crippen LogP contribution in [0.25, 0.3) is 0 Å². The second kappa shape index (κ2) is 77.1. The molecule has 0 aromatic heterocycles. The number of phosphoric ester groups is 2. The topological polar surface area (TPSA) is 231 Å². The summed E-state index contributed by atoms with van der Waals surface area (Å²) in [5.74, 6) is -1.66. The molecule has 0 saturated carbocycles. The molecule has 0 rings (SSSR count). The van der Waals surface area contributed by atoms with Crippen molar-refractivity contribution in [2.75, 3.05) is 39.6 Å². The third kappa shape index (κ3) is 78.3. The van der Waals surface area contributed by atoms with E-state index < -0.39 is 91.5 Å². The van der Waals surface area contributed by atoms with E-state index >= 15 is 0 Å². The Kier molecular flexibility index (Phi) is 73.6. The molecule has 0 heterocycles. The molecule has 0 fully saturated rings. The first-order chi connectivity index (χ1) is 50.2. The highest BCUT2D eigenvalue weighted by Crippen LogP contribution is 2.45. The summed E-state index contributed by atoms with van der Waals surface area (Å²) in [6.07, 6.45) is 95.1. The molecule has 0 aliphatic heterocycles. The van der Waals surface area contributed by atoms with Gasteiger partial charge in [-0.3, -0.25) is 32.5 Å². The first kappa shape index (κ1) is 98.4. The normalized spacial score (nSPS) is 14.7. The maximum atomic E-state index is 12.9. The molecule has 0 spiro atoms. The molecule has 0 bridgehead atoms.